The summed E-state index contributed by atoms with van der Waals surface area (Å²) in [5.41, 5.74) is 0.146. The van der Waals surface area contributed by atoms with E-state index >= 15 is 0 Å². The van der Waals surface area contributed by atoms with E-state index in [0.29, 0.717) is 0 Å². The van der Waals surface area contributed by atoms with E-state index in [2.05, 4.69) is 15.0 Å². The lowest BCUT2D eigenvalue weighted by molar-refractivity contribution is -0.135. The van der Waals surface area contributed by atoms with Gasteiger partial charge in [0, 0.05) is 24.1 Å². The summed E-state index contributed by atoms with van der Waals surface area (Å²) >= 11 is 6.81. The summed E-state index contributed by atoms with van der Waals surface area (Å²) < 4.78 is 5.68. The van der Waals surface area contributed by atoms with Crippen LogP contribution in [-0.2, 0) is 19.2 Å². The van der Waals surface area contributed by atoms with Crippen molar-refractivity contribution in [2.75, 3.05) is 18.1 Å². The van der Waals surface area contributed by atoms with Crippen LogP contribution in [0.3, 0.4) is 0 Å². The van der Waals surface area contributed by atoms with Gasteiger partial charge in [-0.15, -0.1) is 11.3 Å². The van der Waals surface area contributed by atoms with Crippen LogP contribution in [0.2, 0.25) is 0 Å². The van der Waals surface area contributed by atoms with Crippen LogP contribution in [0.4, 0.5) is 5.13 Å². The molecule has 0 aliphatic carbocycles. The van der Waals surface area contributed by atoms with E-state index in [1.165, 1.54) is 19.4 Å². The van der Waals surface area contributed by atoms with Gasteiger partial charge in [-0.1, -0.05) is 5.16 Å². The lowest BCUT2D eigenvalue weighted by Gasteiger charge is -2.05. The van der Waals surface area contributed by atoms with Crippen molar-refractivity contribution in [3.8, 4) is 0 Å². The highest BCUT2D eigenvalue weighted by atomic mass is 35.5. The number of oxime groups is 1. The Morgan fingerprint density at radius 1 is 1.58 bits per heavy atom. The summed E-state index contributed by atoms with van der Waals surface area (Å²) in [6, 6.07) is 0. The van der Waals surface area contributed by atoms with E-state index in [1.54, 1.807) is 6.92 Å². The van der Waals surface area contributed by atoms with Crippen LogP contribution in [0.25, 0.3) is 0 Å². The Balaban J connectivity index is 3.02. The Morgan fingerprint density at radius 2 is 2.26 bits per heavy atom. The van der Waals surface area contributed by atoms with Crippen LogP contribution in [0, 0.1) is 0 Å². The number of hydrogen-bond acceptors (Lipinski definition) is 7. The van der Waals surface area contributed by atoms with E-state index in [1.807, 2.05) is 0 Å². The quantitative estimate of drug-likeness (QED) is 0.357. The minimum Gasteiger partial charge on any atom is -0.461 e. The van der Waals surface area contributed by atoms with Gasteiger partial charge in [-0.2, -0.15) is 4.42 Å². The average Bonchev–Trinajstić information content (AvgIpc) is 2.84. The van der Waals surface area contributed by atoms with Gasteiger partial charge in [-0.3, -0.25) is 4.79 Å². The molecule has 0 saturated heterocycles. The molecule has 19 heavy (non-hydrogen) atoms. The minimum atomic E-state index is -0.662. The number of aromatic nitrogens is 1. The molecule has 0 aliphatic rings. The summed E-state index contributed by atoms with van der Waals surface area (Å²) in [7, 11) is 1.30. The van der Waals surface area contributed by atoms with Crippen LogP contribution in [-0.4, -0.2) is 36.3 Å². The molecular formula is C10H12ClN3O4S. The third kappa shape index (κ3) is 3.90. The Kier molecular flexibility index (Phi) is 5.71. The summed E-state index contributed by atoms with van der Waals surface area (Å²) in [6.07, 6.45) is 0. The van der Waals surface area contributed by atoms with Crippen molar-refractivity contribution in [3.05, 3.63) is 11.1 Å². The molecule has 0 unspecified atom stereocenters. The van der Waals surface area contributed by atoms with Crippen LogP contribution in [0.1, 0.15) is 19.5 Å². The van der Waals surface area contributed by atoms with Gasteiger partial charge < -0.3 is 9.57 Å². The maximum absolute atomic E-state index is 11.7. The van der Waals surface area contributed by atoms with Crippen LogP contribution >= 0.6 is 23.1 Å². The van der Waals surface area contributed by atoms with Crippen molar-refractivity contribution in [3.63, 3.8) is 0 Å². The molecule has 1 heterocycles. The summed E-state index contributed by atoms with van der Waals surface area (Å²) in [6.45, 7) is 3.17. The highest BCUT2D eigenvalue weighted by molar-refractivity contribution is 7.14. The number of carbonyl (C=O) groups excluding carboxylic acids is 2. The van der Waals surface area contributed by atoms with Crippen molar-refractivity contribution in [2.24, 2.45) is 5.16 Å². The molecule has 0 spiro atoms. The first-order valence-corrected chi connectivity index (χ1v) is 6.43. The second kappa shape index (κ2) is 7.05. The number of ether oxygens (including phenoxy) is 1. The standard InChI is InChI=1S/C10H12ClN3O4S/c1-4-18-9(16)8(13-17-3)7-5-19-10(12-7)14(11)6(2)15/h5H,4H2,1-3H3/b13-8-. The smallest absolute Gasteiger partial charge is 0.362 e. The van der Waals surface area contributed by atoms with Crippen LogP contribution in [0.5, 0.6) is 0 Å². The molecule has 0 radical (unpaired) electrons. The predicted octanol–water partition coefficient (Wildman–Crippen LogP) is 1.56. The van der Waals surface area contributed by atoms with Crippen LogP contribution in [0.15, 0.2) is 10.5 Å². The number of esters is 1. The van der Waals surface area contributed by atoms with Crippen molar-refractivity contribution in [1.82, 2.24) is 4.98 Å². The fraction of sp³-hybridized carbons (Fsp3) is 0.400. The largest absolute Gasteiger partial charge is 0.461 e. The molecule has 0 N–H and O–H groups in total. The van der Waals surface area contributed by atoms with Gasteiger partial charge in [-0.05, 0) is 6.92 Å². The monoisotopic (exact) mass is 305 g/mol. The number of rotatable bonds is 5. The van der Waals surface area contributed by atoms with Gasteiger partial charge in [0.25, 0.3) is 0 Å². The Hall–Kier alpha value is -1.67. The minimum absolute atomic E-state index is 0.0829. The molecule has 7 nitrogen and oxygen atoms in total. The molecule has 1 aromatic rings. The van der Waals surface area contributed by atoms with Gasteiger partial charge in [0.2, 0.25) is 16.8 Å². The first kappa shape index (κ1) is 15.4. The van der Waals surface area contributed by atoms with Crippen molar-refractivity contribution in [2.45, 2.75) is 13.8 Å². The SMILES string of the molecule is CCOC(=O)/C(=N\OC)c1csc(N(Cl)C(C)=O)n1. The lowest BCUT2D eigenvalue weighted by Crippen LogP contribution is -2.20. The normalized spacial score (nSPS) is 11.1. The van der Waals surface area contributed by atoms with Gasteiger partial charge in [0.1, 0.15) is 12.8 Å². The van der Waals surface area contributed by atoms with E-state index in [4.69, 9.17) is 16.5 Å². The fourth-order valence-corrected chi connectivity index (χ4v) is 1.99. The fourth-order valence-electron chi connectivity index (χ4n) is 1.08. The Labute approximate surface area is 118 Å². The van der Waals surface area contributed by atoms with Gasteiger partial charge in [-0.25, -0.2) is 9.78 Å². The molecule has 0 fully saturated rings. The molecular weight excluding hydrogens is 294 g/mol. The Morgan fingerprint density at radius 3 is 2.79 bits per heavy atom. The first-order valence-electron chi connectivity index (χ1n) is 5.21. The number of hydrogen-bond donors (Lipinski definition) is 0. The van der Waals surface area contributed by atoms with Crippen LogP contribution < -0.4 is 4.42 Å². The van der Waals surface area contributed by atoms with E-state index < -0.39 is 5.97 Å². The zero-order valence-electron chi connectivity index (χ0n) is 10.5. The van der Waals surface area contributed by atoms with Crippen molar-refractivity contribution in [1.29, 1.82) is 0 Å². The highest BCUT2D eigenvalue weighted by Crippen LogP contribution is 2.23. The molecule has 9 heteroatoms. The molecule has 0 saturated carbocycles. The molecule has 0 bridgehead atoms. The number of amides is 1. The number of anilines is 1. The first-order chi connectivity index (χ1) is 9.01. The molecule has 0 aromatic carbocycles. The maximum Gasteiger partial charge on any atom is 0.362 e. The second-order valence-corrected chi connectivity index (χ2v) is 4.33. The zero-order chi connectivity index (χ0) is 14.4. The van der Waals surface area contributed by atoms with Crippen molar-refractivity contribution >= 4 is 45.8 Å². The molecule has 1 rings (SSSR count). The zero-order valence-corrected chi connectivity index (χ0v) is 12.1. The van der Waals surface area contributed by atoms with Gasteiger partial charge in [0.05, 0.1) is 6.61 Å². The number of thiazole rings is 1. The van der Waals surface area contributed by atoms with E-state index in [0.717, 1.165) is 15.8 Å². The third-order valence-electron chi connectivity index (χ3n) is 1.83. The summed E-state index contributed by atoms with van der Waals surface area (Å²) in [4.78, 5) is 31.4. The Bertz CT molecular complexity index is 503. The predicted molar refractivity (Wildman–Crippen MR) is 71.3 cm³/mol. The number of carbonyl (C=O) groups is 2. The lowest BCUT2D eigenvalue weighted by atomic mass is 10.3. The maximum atomic E-state index is 11.7. The molecule has 0 aliphatic heterocycles. The molecule has 104 valence electrons. The second-order valence-electron chi connectivity index (χ2n) is 3.16. The number of nitrogens with zero attached hydrogens (tertiary/aromatic N) is 3. The third-order valence-corrected chi connectivity index (χ3v) is 3.15. The molecule has 0 atom stereocenters. The molecule has 1 amide bonds. The average molecular weight is 306 g/mol. The molecule has 1 aromatic heterocycles. The summed E-state index contributed by atoms with van der Waals surface area (Å²) in [5.74, 6) is -1.05. The number of halogens is 1. The van der Waals surface area contributed by atoms with E-state index in [9.17, 15) is 9.59 Å². The van der Waals surface area contributed by atoms with Gasteiger partial charge in [0.15, 0.2) is 0 Å². The summed E-state index contributed by atoms with van der Waals surface area (Å²) in [5, 5.41) is 5.33. The topological polar surface area (TPSA) is 81.1 Å². The highest BCUT2D eigenvalue weighted by Gasteiger charge is 2.22. The van der Waals surface area contributed by atoms with Gasteiger partial charge >= 0.3 is 5.97 Å². The van der Waals surface area contributed by atoms with Crippen molar-refractivity contribution < 1.29 is 19.2 Å². The van der Waals surface area contributed by atoms with E-state index in [-0.39, 0.29) is 29.1 Å².